The van der Waals surface area contributed by atoms with Gasteiger partial charge in [0.15, 0.2) is 0 Å². The molecule has 0 aliphatic heterocycles. The van der Waals surface area contributed by atoms with Crippen LogP contribution in [0.15, 0.2) is 60.7 Å². The van der Waals surface area contributed by atoms with Gasteiger partial charge in [0.05, 0.1) is 0 Å². The molecule has 0 fully saturated rings. The first-order valence-electron chi connectivity index (χ1n) is 4.32. The number of hydrogen-bond acceptors (Lipinski definition) is 1. The van der Waals surface area contributed by atoms with Crippen LogP contribution in [0.5, 0.6) is 0 Å². The van der Waals surface area contributed by atoms with Crippen LogP contribution in [-0.2, 0) is 0 Å². The Kier molecular flexibility index (Phi) is 4.74. The summed E-state index contributed by atoms with van der Waals surface area (Å²) in [5.41, 5.74) is 2.24. The van der Waals surface area contributed by atoms with Crippen LogP contribution in [-0.4, -0.2) is 0 Å². The zero-order valence-electron chi connectivity index (χ0n) is 8.27. The van der Waals surface area contributed by atoms with Gasteiger partial charge in [-0.3, -0.25) is 0 Å². The number of hydrogen-bond donors (Lipinski definition) is 1. The molecule has 0 aromatic heterocycles. The molecule has 0 amide bonds. The van der Waals surface area contributed by atoms with Gasteiger partial charge >= 0.3 is 29.6 Å². The smallest absolute Gasteiger partial charge is 0.356 e. The summed E-state index contributed by atoms with van der Waals surface area (Å²) in [7, 11) is 0. The van der Waals surface area contributed by atoms with Gasteiger partial charge in [0, 0.05) is 11.4 Å². The molecule has 2 heteroatoms. The molecule has 14 heavy (non-hydrogen) atoms. The summed E-state index contributed by atoms with van der Waals surface area (Å²) in [4.78, 5) is 0. The van der Waals surface area contributed by atoms with Crippen LogP contribution in [0.2, 0.25) is 0 Å². The quantitative estimate of drug-likeness (QED) is 0.681. The van der Waals surface area contributed by atoms with E-state index in [1.165, 1.54) is 0 Å². The number of nitrogens with one attached hydrogen (secondary N) is 1. The minimum Gasteiger partial charge on any atom is -0.356 e. The monoisotopic (exact) mass is 192 g/mol. The van der Waals surface area contributed by atoms with Crippen molar-refractivity contribution in [3.8, 4) is 0 Å². The van der Waals surface area contributed by atoms with E-state index in [1.807, 2.05) is 60.7 Å². The van der Waals surface area contributed by atoms with Crippen LogP contribution in [0.25, 0.3) is 0 Å². The minimum atomic E-state index is 0. The van der Waals surface area contributed by atoms with E-state index in [2.05, 4.69) is 5.32 Å². The second-order valence-electron chi connectivity index (χ2n) is 2.86. The average Bonchev–Trinajstić information content (AvgIpc) is 2.21. The summed E-state index contributed by atoms with van der Waals surface area (Å²) < 4.78 is 0. The van der Waals surface area contributed by atoms with E-state index in [9.17, 15) is 0 Å². The van der Waals surface area contributed by atoms with Crippen molar-refractivity contribution < 1.29 is 29.6 Å². The first-order valence-corrected chi connectivity index (χ1v) is 4.32. The molecule has 0 spiro atoms. The Bertz CT molecular complexity index is 321. The van der Waals surface area contributed by atoms with Gasteiger partial charge in [-0.05, 0) is 24.3 Å². The Labute approximate surface area is 106 Å². The number of anilines is 2. The Hall–Kier alpha value is -0.760. The van der Waals surface area contributed by atoms with Crippen molar-refractivity contribution in [3.63, 3.8) is 0 Å². The Morgan fingerprint density at radius 2 is 0.929 bits per heavy atom. The van der Waals surface area contributed by atoms with Crippen LogP contribution in [0.1, 0.15) is 0 Å². The van der Waals surface area contributed by atoms with Gasteiger partial charge < -0.3 is 5.32 Å². The average molecular weight is 192 g/mol. The van der Waals surface area contributed by atoms with E-state index < -0.39 is 0 Å². The number of benzene rings is 2. The van der Waals surface area contributed by atoms with E-state index in [1.54, 1.807) is 0 Å². The zero-order valence-corrected chi connectivity index (χ0v) is 10.3. The van der Waals surface area contributed by atoms with Gasteiger partial charge in [0.1, 0.15) is 0 Å². The van der Waals surface area contributed by atoms with Gasteiger partial charge in [0.2, 0.25) is 0 Å². The SMILES string of the molecule is [Na+].c1ccc(Nc2ccccc2)cc1. The van der Waals surface area contributed by atoms with E-state index in [-0.39, 0.29) is 29.6 Å². The topological polar surface area (TPSA) is 12.0 Å². The van der Waals surface area contributed by atoms with Crippen LogP contribution in [0, 0.1) is 0 Å². The maximum atomic E-state index is 3.30. The molecule has 2 aromatic rings. The summed E-state index contributed by atoms with van der Waals surface area (Å²) in [6.07, 6.45) is 0. The third kappa shape index (κ3) is 3.18. The van der Waals surface area contributed by atoms with Crippen molar-refractivity contribution in [3.05, 3.63) is 60.7 Å². The van der Waals surface area contributed by atoms with Gasteiger partial charge in [0.25, 0.3) is 0 Å². The minimum absolute atomic E-state index is 0. The fourth-order valence-electron chi connectivity index (χ4n) is 1.21. The fourth-order valence-corrected chi connectivity index (χ4v) is 1.21. The molecule has 0 saturated heterocycles. The van der Waals surface area contributed by atoms with E-state index in [4.69, 9.17) is 0 Å². The number of rotatable bonds is 2. The van der Waals surface area contributed by atoms with Crippen molar-refractivity contribution in [2.45, 2.75) is 0 Å². The Morgan fingerprint density at radius 3 is 1.29 bits per heavy atom. The summed E-state index contributed by atoms with van der Waals surface area (Å²) >= 11 is 0. The number of para-hydroxylation sites is 2. The molecule has 2 aromatic carbocycles. The predicted octanol–water partition coefficient (Wildman–Crippen LogP) is 0.434. The maximum Gasteiger partial charge on any atom is 1.00 e. The molecule has 64 valence electrons. The van der Waals surface area contributed by atoms with E-state index in [0.717, 1.165) is 11.4 Å². The van der Waals surface area contributed by atoms with Crippen molar-refractivity contribution in [1.82, 2.24) is 0 Å². The van der Waals surface area contributed by atoms with Crippen molar-refractivity contribution >= 4 is 11.4 Å². The molecule has 0 heterocycles. The standard InChI is InChI=1S/C12H11N.Na/c1-3-7-11(8-4-1)13-12-9-5-2-6-10-12;/h1-10,13H;/q;+1. The second-order valence-corrected chi connectivity index (χ2v) is 2.86. The molecule has 1 nitrogen and oxygen atoms in total. The summed E-state index contributed by atoms with van der Waals surface area (Å²) in [6.45, 7) is 0. The normalized spacial score (nSPS) is 8.86. The second kappa shape index (κ2) is 5.86. The molecule has 1 N–H and O–H groups in total. The molecule has 0 aliphatic carbocycles. The van der Waals surface area contributed by atoms with Crippen LogP contribution >= 0.6 is 0 Å². The van der Waals surface area contributed by atoms with Gasteiger partial charge in [-0.1, -0.05) is 36.4 Å². The van der Waals surface area contributed by atoms with Crippen LogP contribution < -0.4 is 34.9 Å². The van der Waals surface area contributed by atoms with Crippen molar-refractivity contribution in [1.29, 1.82) is 0 Å². The third-order valence-corrected chi connectivity index (χ3v) is 1.84. The molecule has 2 rings (SSSR count). The molecule has 0 unspecified atom stereocenters. The van der Waals surface area contributed by atoms with Crippen molar-refractivity contribution in [2.24, 2.45) is 0 Å². The summed E-state index contributed by atoms with van der Waals surface area (Å²) in [5, 5.41) is 3.30. The van der Waals surface area contributed by atoms with Crippen molar-refractivity contribution in [2.75, 3.05) is 5.32 Å². The van der Waals surface area contributed by atoms with Gasteiger partial charge in [-0.15, -0.1) is 0 Å². The van der Waals surface area contributed by atoms with Gasteiger partial charge in [-0.25, -0.2) is 0 Å². The van der Waals surface area contributed by atoms with Crippen LogP contribution in [0.3, 0.4) is 0 Å². The molecule has 0 bridgehead atoms. The third-order valence-electron chi connectivity index (χ3n) is 1.84. The fraction of sp³-hybridized carbons (Fsp3) is 0. The molecular weight excluding hydrogens is 181 g/mol. The molecule has 0 aliphatic rings. The van der Waals surface area contributed by atoms with E-state index in [0.29, 0.717) is 0 Å². The summed E-state index contributed by atoms with van der Waals surface area (Å²) in [6, 6.07) is 20.3. The first-order chi connectivity index (χ1) is 6.45. The Balaban J connectivity index is 0.000000980. The first kappa shape index (κ1) is 11.3. The molecule has 0 atom stereocenters. The zero-order chi connectivity index (χ0) is 8.93. The maximum absolute atomic E-state index is 3.30. The predicted molar refractivity (Wildman–Crippen MR) is 56.2 cm³/mol. The molecular formula is C12H11NNa+. The van der Waals surface area contributed by atoms with Crippen LogP contribution in [0.4, 0.5) is 11.4 Å². The van der Waals surface area contributed by atoms with E-state index >= 15 is 0 Å². The summed E-state index contributed by atoms with van der Waals surface area (Å²) in [5.74, 6) is 0. The Morgan fingerprint density at radius 1 is 0.571 bits per heavy atom. The van der Waals surface area contributed by atoms with Gasteiger partial charge in [-0.2, -0.15) is 0 Å². The molecule has 0 radical (unpaired) electrons. The molecule has 0 saturated carbocycles. The largest absolute Gasteiger partial charge is 1.00 e.